The summed E-state index contributed by atoms with van der Waals surface area (Å²) < 4.78 is 5.62. The van der Waals surface area contributed by atoms with E-state index in [-0.39, 0.29) is 0 Å². The highest BCUT2D eigenvalue weighted by Gasteiger charge is 2.22. The lowest BCUT2D eigenvalue weighted by Gasteiger charge is -2.18. The zero-order chi connectivity index (χ0) is 9.80. The van der Waals surface area contributed by atoms with Crippen molar-refractivity contribution in [1.82, 2.24) is 10.2 Å². The van der Waals surface area contributed by atoms with Gasteiger partial charge in [0.2, 0.25) is 0 Å². The number of rotatable bonds is 4. The van der Waals surface area contributed by atoms with Gasteiger partial charge in [0.25, 0.3) is 0 Å². The lowest BCUT2D eigenvalue weighted by atomic mass is 10.2. The van der Waals surface area contributed by atoms with Crippen molar-refractivity contribution in [3.05, 3.63) is 0 Å². The molecule has 82 valence electrons. The van der Waals surface area contributed by atoms with Gasteiger partial charge in [0, 0.05) is 25.7 Å². The Kier molecular flexibility index (Phi) is 3.79. The molecular weight excluding hydrogens is 176 g/mol. The van der Waals surface area contributed by atoms with E-state index >= 15 is 0 Å². The first-order chi connectivity index (χ1) is 6.88. The maximum Gasteiger partial charge on any atom is 0.0588 e. The Hall–Kier alpha value is -0.120. The van der Waals surface area contributed by atoms with Gasteiger partial charge in [0.1, 0.15) is 0 Å². The molecule has 2 saturated heterocycles. The SMILES string of the molecule is CNC1CCN(CCC2CCCO2)C1. The Morgan fingerprint density at radius 3 is 3.00 bits per heavy atom. The summed E-state index contributed by atoms with van der Waals surface area (Å²) in [5.74, 6) is 0. The Morgan fingerprint density at radius 2 is 2.36 bits per heavy atom. The molecule has 0 saturated carbocycles. The second-order valence-electron chi connectivity index (χ2n) is 4.50. The smallest absolute Gasteiger partial charge is 0.0588 e. The first kappa shape index (κ1) is 10.4. The van der Waals surface area contributed by atoms with E-state index in [1.807, 2.05) is 0 Å². The molecule has 3 nitrogen and oxygen atoms in total. The van der Waals surface area contributed by atoms with Crippen molar-refractivity contribution in [2.75, 3.05) is 33.3 Å². The van der Waals surface area contributed by atoms with Gasteiger partial charge in [0.15, 0.2) is 0 Å². The molecule has 2 fully saturated rings. The fourth-order valence-electron chi connectivity index (χ4n) is 2.47. The Bertz CT molecular complexity index is 169. The van der Waals surface area contributed by atoms with Gasteiger partial charge in [-0.3, -0.25) is 0 Å². The highest BCUT2D eigenvalue weighted by Crippen LogP contribution is 2.17. The molecule has 0 amide bonds. The lowest BCUT2D eigenvalue weighted by Crippen LogP contribution is -2.31. The molecule has 0 radical (unpaired) electrons. The maximum atomic E-state index is 5.62. The zero-order valence-electron chi connectivity index (χ0n) is 9.17. The summed E-state index contributed by atoms with van der Waals surface area (Å²) in [6, 6.07) is 0.722. The van der Waals surface area contributed by atoms with Gasteiger partial charge in [-0.1, -0.05) is 0 Å². The predicted molar refractivity (Wildman–Crippen MR) is 57.5 cm³/mol. The van der Waals surface area contributed by atoms with Gasteiger partial charge < -0.3 is 15.0 Å². The standard InChI is InChI=1S/C11H22N2O/c1-12-10-4-6-13(9-10)7-5-11-3-2-8-14-11/h10-12H,2-9H2,1H3. The van der Waals surface area contributed by atoms with Gasteiger partial charge in [-0.25, -0.2) is 0 Å². The van der Waals surface area contributed by atoms with Crippen molar-refractivity contribution in [1.29, 1.82) is 0 Å². The van der Waals surface area contributed by atoms with Crippen LogP contribution in [0.15, 0.2) is 0 Å². The summed E-state index contributed by atoms with van der Waals surface area (Å²) in [6.07, 6.45) is 5.65. The Morgan fingerprint density at radius 1 is 1.43 bits per heavy atom. The van der Waals surface area contributed by atoms with Crippen LogP contribution in [0.25, 0.3) is 0 Å². The molecule has 0 aromatic carbocycles. The number of likely N-dealkylation sites (tertiary alicyclic amines) is 1. The summed E-state index contributed by atoms with van der Waals surface area (Å²) in [7, 11) is 2.06. The van der Waals surface area contributed by atoms with Crippen molar-refractivity contribution in [2.45, 2.75) is 37.8 Å². The summed E-state index contributed by atoms with van der Waals surface area (Å²) in [5, 5.41) is 3.35. The average molecular weight is 198 g/mol. The van der Waals surface area contributed by atoms with Crippen LogP contribution < -0.4 is 5.32 Å². The second kappa shape index (κ2) is 5.10. The van der Waals surface area contributed by atoms with E-state index < -0.39 is 0 Å². The van der Waals surface area contributed by atoms with Crippen LogP contribution in [0.4, 0.5) is 0 Å². The Labute approximate surface area is 86.8 Å². The molecule has 0 aromatic rings. The van der Waals surface area contributed by atoms with Gasteiger partial charge >= 0.3 is 0 Å². The van der Waals surface area contributed by atoms with E-state index in [4.69, 9.17) is 4.74 Å². The molecule has 2 rings (SSSR count). The van der Waals surface area contributed by atoms with Gasteiger partial charge in [-0.2, -0.15) is 0 Å². The van der Waals surface area contributed by atoms with Crippen LogP contribution in [0, 0.1) is 0 Å². The number of hydrogen-bond acceptors (Lipinski definition) is 3. The van der Waals surface area contributed by atoms with E-state index in [9.17, 15) is 0 Å². The minimum atomic E-state index is 0.559. The van der Waals surface area contributed by atoms with E-state index in [1.54, 1.807) is 0 Å². The first-order valence-electron chi connectivity index (χ1n) is 5.89. The molecule has 2 atom stereocenters. The van der Waals surface area contributed by atoms with E-state index in [0.29, 0.717) is 6.10 Å². The van der Waals surface area contributed by atoms with Gasteiger partial charge in [-0.15, -0.1) is 0 Å². The minimum absolute atomic E-state index is 0.559. The van der Waals surface area contributed by atoms with Crippen LogP contribution in [0.5, 0.6) is 0 Å². The molecular formula is C11H22N2O. The fourth-order valence-corrected chi connectivity index (χ4v) is 2.47. The molecule has 14 heavy (non-hydrogen) atoms. The quantitative estimate of drug-likeness (QED) is 0.725. The summed E-state index contributed by atoms with van der Waals surface area (Å²) in [5.41, 5.74) is 0. The molecule has 0 bridgehead atoms. The lowest BCUT2D eigenvalue weighted by molar-refractivity contribution is 0.0947. The topological polar surface area (TPSA) is 24.5 Å². The monoisotopic (exact) mass is 198 g/mol. The zero-order valence-corrected chi connectivity index (χ0v) is 9.17. The second-order valence-corrected chi connectivity index (χ2v) is 4.50. The van der Waals surface area contributed by atoms with Gasteiger partial charge in [-0.05, 0) is 39.3 Å². The molecule has 3 heteroatoms. The van der Waals surface area contributed by atoms with Crippen molar-refractivity contribution in [3.63, 3.8) is 0 Å². The number of nitrogens with zero attached hydrogens (tertiary/aromatic N) is 1. The van der Waals surface area contributed by atoms with Gasteiger partial charge in [0.05, 0.1) is 6.10 Å². The number of ether oxygens (including phenoxy) is 1. The highest BCUT2D eigenvalue weighted by molar-refractivity contribution is 4.80. The molecule has 2 aliphatic heterocycles. The predicted octanol–water partition coefficient (Wildman–Crippen LogP) is 0.849. The molecule has 0 aliphatic carbocycles. The summed E-state index contributed by atoms with van der Waals surface area (Å²) in [4.78, 5) is 2.56. The number of hydrogen-bond donors (Lipinski definition) is 1. The molecule has 0 spiro atoms. The maximum absolute atomic E-state index is 5.62. The van der Waals surface area contributed by atoms with Crippen LogP contribution in [0.1, 0.15) is 25.7 Å². The van der Waals surface area contributed by atoms with Crippen molar-refractivity contribution < 1.29 is 4.74 Å². The normalized spacial score (nSPS) is 34.1. The van der Waals surface area contributed by atoms with E-state index in [0.717, 1.165) is 12.6 Å². The van der Waals surface area contributed by atoms with Crippen LogP contribution in [-0.4, -0.2) is 50.3 Å². The minimum Gasteiger partial charge on any atom is -0.378 e. The molecule has 1 N–H and O–H groups in total. The Balaban J connectivity index is 1.61. The van der Waals surface area contributed by atoms with Crippen molar-refractivity contribution >= 4 is 0 Å². The van der Waals surface area contributed by atoms with Crippen LogP contribution in [0.3, 0.4) is 0 Å². The van der Waals surface area contributed by atoms with E-state index in [2.05, 4.69) is 17.3 Å². The van der Waals surface area contributed by atoms with Crippen molar-refractivity contribution in [2.24, 2.45) is 0 Å². The third-order valence-electron chi connectivity index (χ3n) is 3.47. The molecule has 2 heterocycles. The van der Waals surface area contributed by atoms with E-state index in [1.165, 1.54) is 45.3 Å². The summed E-state index contributed by atoms with van der Waals surface area (Å²) >= 11 is 0. The molecule has 2 aliphatic rings. The average Bonchev–Trinajstić information content (AvgIpc) is 2.86. The largest absolute Gasteiger partial charge is 0.378 e. The summed E-state index contributed by atoms with van der Waals surface area (Å²) in [6.45, 7) is 4.70. The molecule has 0 aromatic heterocycles. The third-order valence-corrected chi connectivity index (χ3v) is 3.47. The first-order valence-corrected chi connectivity index (χ1v) is 5.89. The highest BCUT2D eigenvalue weighted by atomic mass is 16.5. The molecule has 2 unspecified atom stereocenters. The van der Waals surface area contributed by atoms with Crippen LogP contribution in [0.2, 0.25) is 0 Å². The van der Waals surface area contributed by atoms with Crippen LogP contribution in [-0.2, 0) is 4.74 Å². The van der Waals surface area contributed by atoms with Crippen LogP contribution >= 0.6 is 0 Å². The third kappa shape index (κ3) is 2.69. The number of nitrogens with one attached hydrogen (secondary N) is 1. The van der Waals surface area contributed by atoms with Crippen molar-refractivity contribution in [3.8, 4) is 0 Å². The fraction of sp³-hybridized carbons (Fsp3) is 1.00. The number of likely N-dealkylation sites (N-methyl/N-ethyl adjacent to an activating group) is 1.